The second-order valence-electron chi connectivity index (χ2n) is 7.06. The zero-order chi connectivity index (χ0) is 27.2. The third-order valence-electron chi connectivity index (χ3n) is 4.67. The number of carbonyl (C=O) groups excluding carboxylic acids is 1. The lowest BCUT2D eigenvalue weighted by atomic mass is 10.2. The molecular formula is C26H45F3N4O. The van der Waals surface area contributed by atoms with Crippen molar-refractivity contribution in [1.82, 2.24) is 20.4 Å². The van der Waals surface area contributed by atoms with Crippen LogP contribution in [0.3, 0.4) is 0 Å². The predicted octanol–water partition coefficient (Wildman–Crippen LogP) is 5.79. The minimum Gasteiger partial charge on any atom is -0.375 e. The summed E-state index contributed by atoms with van der Waals surface area (Å²) in [5.41, 5.74) is 2.13. The van der Waals surface area contributed by atoms with Crippen LogP contribution in [0.4, 0.5) is 13.2 Å². The molecule has 0 aromatic rings. The molecule has 1 amide bonds. The summed E-state index contributed by atoms with van der Waals surface area (Å²) >= 11 is 0. The van der Waals surface area contributed by atoms with Crippen LogP contribution in [0, 0.1) is 0 Å². The van der Waals surface area contributed by atoms with Crippen molar-refractivity contribution in [3.05, 3.63) is 72.8 Å². The molecule has 0 spiro atoms. The average molecular weight is 487 g/mol. The van der Waals surface area contributed by atoms with Gasteiger partial charge in [-0.25, -0.2) is 0 Å². The molecule has 0 aromatic carbocycles. The van der Waals surface area contributed by atoms with Crippen LogP contribution in [0.5, 0.6) is 0 Å². The van der Waals surface area contributed by atoms with E-state index in [9.17, 15) is 18.0 Å². The molecule has 0 aromatic heterocycles. The van der Waals surface area contributed by atoms with E-state index in [1.807, 2.05) is 51.9 Å². The maximum atomic E-state index is 12.1. The van der Waals surface area contributed by atoms with E-state index in [1.54, 1.807) is 12.2 Å². The molecule has 0 saturated heterocycles. The van der Waals surface area contributed by atoms with Crippen LogP contribution in [0.1, 0.15) is 41.0 Å². The second kappa shape index (κ2) is 22.1. The van der Waals surface area contributed by atoms with E-state index in [1.165, 1.54) is 0 Å². The first kappa shape index (κ1) is 35.8. The number of hydrogen-bond donors (Lipinski definition) is 2. The number of rotatable bonds is 13. The van der Waals surface area contributed by atoms with Gasteiger partial charge in [0.25, 0.3) is 0 Å². The quantitative estimate of drug-likeness (QED) is 0.150. The number of hydrogen-bond acceptors (Lipinski definition) is 4. The van der Waals surface area contributed by atoms with E-state index in [4.69, 9.17) is 0 Å². The minimum atomic E-state index is -4.22. The summed E-state index contributed by atoms with van der Waals surface area (Å²) in [7, 11) is 3.89. The Morgan fingerprint density at radius 1 is 1.06 bits per heavy atom. The van der Waals surface area contributed by atoms with E-state index >= 15 is 0 Å². The molecule has 0 saturated carbocycles. The summed E-state index contributed by atoms with van der Waals surface area (Å²) in [6, 6.07) is 0. The van der Waals surface area contributed by atoms with Crippen molar-refractivity contribution in [3.8, 4) is 0 Å². The van der Waals surface area contributed by atoms with Gasteiger partial charge >= 0.3 is 6.18 Å². The number of amides is 1. The topological polar surface area (TPSA) is 47.6 Å². The van der Waals surface area contributed by atoms with Crippen molar-refractivity contribution in [1.29, 1.82) is 0 Å². The molecule has 0 fully saturated rings. The summed E-state index contributed by atoms with van der Waals surface area (Å²) in [6.45, 7) is 22.5. The first-order valence-electron chi connectivity index (χ1n) is 11.2. The van der Waals surface area contributed by atoms with Gasteiger partial charge < -0.3 is 20.4 Å². The van der Waals surface area contributed by atoms with E-state index < -0.39 is 11.7 Å². The molecule has 0 rings (SSSR count). The summed E-state index contributed by atoms with van der Waals surface area (Å²) < 4.78 is 36.3. The number of alkyl halides is 3. The second-order valence-corrected chi connectivity index (χ2v) is 7.06. The van der Waals surface area contributed by atoms with Crippen LogP contribution in [0.25, 0.3) is 0 Å². The van der Waals surface area contributed by atoms with Crippen LogP contribution in [-0.4, -0.2) is 62.7 Å². The molecule has 0 unspecified atom stereocenters. The van der Waals surface area contributed by atoms with Gasteiger partial charge in [0, 0.05) is 50.7 Å². The molecular weight excluding hydrogens is 441 g/mol. The number of allylic oxidation sites excluding steroid dienone is 7. The third-order valence-corrected chi connectivity index (χ3v) is 4.67. The normalized spacial score (nSPS) is 12.2. The number of nitrogens with zero attached hydrogens (tertiary/aromatic N) is 2. The molecule has 196 valence electrons. The molecule has 0 aliphatic carbocycles. The number of carbonyl (C=O) groups is 1. The van der Waals surface area contributed by atoms with Crippen molar-refractivity contribution in [2.75, 3.05) is 40.3 Å². The molecule has 2 N–H and O–H groups in total. The Morgan fingerprint density at radius 3 is 2.09 bits per heavy atom. The zero-order valence-corrected chi connectivity index (χ0v) is 22.1. The lowest BCUT2D eigenvalue weighted by Gasteiger charge is -2.22. The molecule has 0 aliphatic heterocycles. The van der Waals surface area contributed by atoms with Crippen LogP contribution < -0.4 is 10.6 Å². The number of halogens is 3. The first-order valence-corrected chi connectivity index (χ1v) is 11.2. The van der Waals surface area contributed by atoms with E-state index in [0.29, 0.717) is 6.41 Å². The van der Waals surface area contributed by atoms with Gasteiger partial charge in [-0.05, 0) is 52.8 Å². The van der Waals surface area contributed by atoms with Gasteiger partial charge in [0.1, 0.15) is 0 Å². The summed E-state index contributed by atoms with van der Waals surface area (Å²) in [4.78, 5) is 14.5. The van der Waals surface area contributed by atoms with Crippen molar-refractivity contribution >= 4 is 6.41 Å². The van der Waals surface area contributed by atoms with Gasteiger partial charge in [-0.3, -0.25) is 4.79 Å². The van der Waals surface area contributed by atoms with Crippen LogP contribution >= 0.6 is 0 Å². The van der Waals surface area contributed by atoms with Gasteiger partial charge in [-0.15, -0.1) is 13.2 Å². The predicted molar refractivity (Wildman–Crippen MR) is 140 cm³/mol. The molecule has 0 radical (unpaired) electrons. The zero-order valence-electron chi connectivity index (χ0n) is 22.1. The van der Waals surface area contributed by atoms with Crippen LogP contribution in [-0.2, 0) is 4.79 Å². The maximum Gasteiger partial charge on any atom is 0.412 e. The van der Waals surface area contributed by atoms with Gasteiger partial charge in [0.2, 0.25) is 6.41 Å². The van der Waals surface area contributed by atoms with E-state index in [-0.39, 0.29) is 6.42 Å². The van der Waals surface area contributed by atoms with Gasteiger partial charge in [-0.2, -0.15) is 13.2 Å². The summed E-state index contributed by atoms with van der Waals surface area (Å²) in [5, 5.41) is 5.97. The molecule has 8 heteroatoms. The maximum absolute atomic E-state index is 12.1. The van der Waals surface area contributed by atoms with E-state index in [0.717, 1.165) is 56.3 Å². The Kier molecular flexibility index (Phi) is 23.3. The Morgan fingerprint density at radius 2 is 1.65 bits per heavy atom. The highest BCUT2D eigenvalue weighted by Crippen LogP contribution is 2.25. The number of likely N-dealkylation sites (N-methyl/N-ethyl adjacent to an activating group) is 3. The lowest BCUT2D eigenvalue weighted by molar-refractivity contribution is -0.108. The van der Waals surface area contributed by atoms with Crippen LogP contribution in [0.15, 0.2) is 72.8 Å². The highest BCUT2D eigenvalue weighted by atomic mass is 19.4. The molecule has 0 heterocycles. The highest BCUT2D eigenvalue weighted by Gasteiger charge is 2.29. The molecule has 0 bridgehead atoms. The minimum absolute atomic E-state index is 0.266. The molecule has 5 nitrogen and oxygen atoms in total. The highest BCUT2D eigenvalue weighted by molar-refractivity contribution is 5.52. The van der Waals surface area contributed by atoms with Gasteiger partial charge in [-0.1, -0.05) is 31.7 Å². The largest absolute Gasteiger partial charge is 0.412 e. The fourth-order valence-corrected chi connectivity index (χ4v) is 2.20. The Balaban J connectivity index is -0.000000526. The smallest absolute Gasteiger partial charge is 0.375 e. The molecule has 34 heavy (non-hydrogen) atoms. The first-order chi connectivity index (χ1) is 16.0. The molecule has 0 atom stereocenters. The fourth-order valence-electron chi connectivity index (χ4n) is 2.20. The lowest BCUT2D eigenvalue weighted by Crippen LogP contribution is -2.29. The van der Waals surface area contributed by atoms with Crippen molar-refractivity contribution in [2.24, 2.45) is 0 Å². The Bertz CT molecular complexity index is 680. The Hall–Kier alpha value is -2.74. The van der Waals surface area contributed by atoms with Crippen molar-refractivity contribution in [2.45, 2.75) is 47.2 Å². The van der Waals surface area contributed by atoms with Gasteiger partial charge in [0.05, 0.1) is 5.70 Å². The standard InChI is InChI=1S/C12H18F3N.C12H23N3O.C2H4/c1-5-16(4)11(3)9-7-6-8-10(2)12(13,14)15;1-5-7-12(14-10-16)11(3)15(4)9-8-13-6-2;1-2/h7-9H,3,5-6H2,1-2,4H3;5,7,10,13H,6,8-9H2,1-4H3,(H,14,16);1-2H2/b9-7-,10-8+;7-5-,12-11-;. The van der Waals surface area contributed by atoms with Crippen LogP contribution in [0.2, 0.25) is 0 Å². The Labute approximate surface area is 205 Å². The average Bonchev–Trinajstić information content (AvgIpc) is 2.81. The van der Waals surface area contributed by atoms with Gasteiger partial charge in [0.15, 0.2) is 0 Å². The molecule has 0 aliphatic rings. The SMILES string of the molecule is C/C=C\C(NC=O)=C(/C)N(C)CCNCC.C=C.C=C(/C=C\C/C=C(\C)C(F)(F)F)N(C)CC. The van der Waals surface area contributed by atoms with E-state index in [2.05, 4.69) is 42.2 Å². The summed E-state index contributed by atoms with van der Waals surface area (Å²) in [5.74, 6) is 0. The van der Waals surface area contributed by atoms with Crippen molar-refractivity contribution < 1.29 is 18.0 Å². The fraction of sp³-hybridized carbons (Fsp3) is 0.500. The van der Waals surface area contributed by atoms with Crippen molar-refractivity contribution in [3.63, 3.8) is 0 Å². The monoisotopic (exact) mass is 486 g/mol. The number of nitrogens with one attached hydrogen (secondary N) is 2. The third kappa shape index (κ3) is 18.8. The summed E-state index contributed by atoms with van der Waals surface area (Å²) in [6.07, 6.45) is 5.12.